The van der Waals surface area contributed by atoms with Gasteiger partial charge in [-0.05, 0) is 36.6 Å². The van der Waals surface area contributed by atoms with Crippen molar-refractivity contribution in [2.75, 3.05) is 26.3 Å². The molecular formula is C27H35N5O8. The van der Waals surface area contributed by atoms with E-state index >= 15 is 0 Å². The number of hydrogen-bond donors (Lipinski definition) is 7. The van der Waals surface area contributed by atoms with Crippen LogP contribution in [0.4, 0.5) is 0 Å². The summed E-state index contributed by atoms with van der Waals surface area (Å²) in [5.41, 5.74) is 7.31. The van der Waals surface area contributed by atoms with Gasteiger partial charge in [-0.25, -0.2) is 4.79 Å². The molecule has 0 saturated heterocycles. The van der Waals surface area contributed by atoms with Crippen LogP contribution in [0, 0.1) is 0 Å². The number of carboxylic acids is 1. The topological polar surface area (TPSA) is 209 Å². The van der Waals surface area contributed by atoms with Crippen molar-refractivity contribution in [3.63, 3.8) is 0 Å². The first-order valence-electron chi connectivity index (χ1n) is 12.6. The summed E-state index contributed by atoms with van der Waals surface area (Å²) in [5.74, 6) is -3.87. The molecule has 0 saturated carbocycles. The second-order valence-electron chi connectivity index (χ2n) is 8.84. The lowest BCUT2D eigenvalue weighted by molar-refractivity contribution is -0.144. The van der Waals surface area contributed by atoms with Crippen LogP contribution in [0.5, 0.6) is 5.75 Å². The van der Waals surface area contributed by atoms with Gasteiger partial charge in [0.25, 0.3) is 0 Å². The summed E-state index contributed by atoms with van der Waals surface area (Å²) in [6.07, 6.45) is 0.261. The summed E-state index contributed by atoms with van der Waals surface area (Å²) in [4.78, 5) is 61.3. The van der Waals surface area contributed by atoms with Gasteiger partial charge in [0.05, 0.1) is 25.7 Å². The van der Waals surface area contributed by atoms with Crippen LogP contribution in [0.3, 0.4) is 0 Å². The van der Waals surface area contributed by atoms with E-state index in [1.807, 2.05) is 0 Å². The minimum absolute atomic E-state index is 0.0717. The van der Waals surface area contributed by atoms with Gasteiger partial charge in [-0.1, -0.05) is 42.5 Å². The first-order valence-corrected chi connectivity index (χ1v) is 12.6. The highest BCUT2D eigenvalue weighted by molar-refractivity contribution is 5.93. The Morgan fingerprint density at radius 3 is 2.05 bits per heavy atom. The normalized spacial score (nSPS) is 12.8. The van der Waals surface area contributed by atoms with Gasteiger partial charge in [-0.3, -0.25) is 19.2 Å². The number of aliphatic carboxylic acids is 1. The number of carboxylic acid groups (broad SMARTS) is 1. The Bertz CT molecular complexity index is 1140. The minimum Gasteiger partial charge on any atom is -0.508 e. The molecule has 13 heteroatoms. The lowest BCUT2D eigenvalue weighted by Gasteiger charge is -2.22. The number of aromatic hydroxyl groups is 1. The molecule has 3 unspecified atom stereocenters. The van der Waals surface area contributed by atoms with Crippen LogP contribution < -0.4 is 27.0 Å². The number of carbonyl (C=O) groups is 5. The third kappa shape index (κ3) is 11.5. The number of rotatable bonds is 16. The van der Waals surface area contributed by atoms with Crippen molar-refractivity contribution in [2.45, 2.75) is 37.9 Å². The number of hydrogen-bond acceptors (Lipinski definition) is 8. The van der Waals surface area contributed by atoms with Gasteiger partial charge in [-0.2, -0.15) is 0 Å². The zero-order valence-corrected chi connectivity index (χ0v) is 22.1. The number of nitrogens with two attached hydrogens (primary N) is 1. The summed E-state index contributed by atoms with van der Waals surface area (Å²) in [6.45, 7) is 0.776. The van der Waals surface area contributed by atoms with E-state index in [9.17, 15) is 34.2 Å². The standard InChI is InChI=1S/C27H35N5O8/c1-2-40-16-22(27(38)39)32-26(37)21(13-17-6-4-3-5-7-17)31-24(35)15-29-23(34)14-30-25(36)20(28)12-18-8-10-19(33)11-9-18/h3-11,20-22,33H,2,12-16,28H2,1H3,(H,29,34)(H,30,36)(H,31,35)(H,32,37)(H,38,39). The first kappa shape index (κ1) is 31.7. The van der Waals surface area contributed by atoms with Crippen molar-refractivity contribution in [1.29, 1.82) is 0 Å². The Kier molecular flexibility index (Phi) is 13.1. The number of phenols is 1. The van der Waals surface area contributed by atoms with Crippen LogP contribution in [0.1, 0.15) is 18.1 Å². The zero-order chi connectivity index (χ0) is 29.5. The predicted molar refractivity (Wildman–Crippen MR) is 144 cm³/mol. The van der Waals surface area contributed by atoms with Crippen molar-refractivity contribution in [1.82, 2.24) is 21.3 Å². The van der Waals surface area contributed by atoms with E-state index in [0.717, 1.165) is 11.1 Å². The van der Waals surface area contributed by atoms with E-state index in [0.29, 0.717) is 0 Å². The molecule has 0 aromatic heterocycles. The maximum absolute atomic E-state index is 12.9. The van der Waals surface area contributed by atoms with E-state index in [4.69, 9.17) is 10.5 Å². The van der Waals surface area contributed by atoms with Crippen LogP contribution in [-0.4, -0.2) is 84.2 Å². The molecule has 0 aliphatic carbocycles. The number of ether oxygens (including phenoxy) is 1. The van der Waals surface area contributed by atoms with Crippen LogP contribution >= 0.6 is 0 Å². The zero-order valence-electron chi connectivity index (χ0n) is 22.1. The summed E-state index contributed by atoms with van der Waals surface area (Å²) in [7, 11) is 0. The van der Waals surface area contributed by atoms with Crippen LogP contribution in [-0.2, 0) is 41.6 Å². The number of amides is 4. The van der Waals surface area contributed by atoms with E-state index in [1.54, 1.807) is 49.4 Å². The first-order chi connectivity index (χ1) is 19.1. The van der Waals surface area contributed by atoms with Crippen LogP contribution in [0.15, 0.2) is 54.6 Å². The summed E-state index contributed by atoms with van der Waals surface area (Å²) in [6, 6.07) is 11.6. The van der Waals surface area contributed by atoms with Crippen molar-refractivity contribution < 1.29 is 38.9 Å². The third-order valence-electron chi connectivity index (χ3n) is 5.64. The lowest BCUT2D eigenvalue weighted by Crippen LogP contribution is -2.55. The Labute approximate surface area is 231 Å². The third-order valence-corrected chi connectivity index (χ3v) is 5.64. The summed E-state index contributed by atoms with van der Waals surface area (Å²) >= 11 is 0. The highest BCUT2D eigenvalue weighted by atomic mass is 16.5. The van der Waals surface area contributed by atoms with Crippen molar-refractivity contribution in [3.8, 4) is 5.75 Å². The van der Waals surface area contributed by atoms with Gasteiger partial charge in [0.2, 0.25) is 23.6 Å². The molecule has 3 atom stereocenters. The van der Waals surface area contributed by atoms with Gasteiger partial charge in [0.1, 0.15) is 11.8 Å². The molecule has 2 aromatic carbocycles. The molecule has 0 heterocycles. The van der Waals surface area contributed by atoms with Gasteiger partial charge in [0, 0.05) is 13.0 Å². The molecule has 4 amide bonds. The Balaban J connectivity index is 1.88. The van der Waals surface area contributed by atoms with Gasteiger partial charge in [0.15, 0.2) is 6.04 Å². The molecule has 0 aliphatic heterocycles. The van der Waals surface area contributed by atoms with Crippen molar-refractivity contribution in [3.05, 3.63) is 65.7 Å². The molecule has 216 valence electrons. The smallest absolute Gasteiger partial charge is 0.328 e. The molecule has 0 fully saturated rings. The maximum atomic E-state index is 12.9. The number of phenolic OH excluding ortho intramolecular Hbond substituents is 1. The molecule has 2 aromatic rings. The minimum atomic E-state index is -1.31. The number of carbonyl (C=O) groups excluding carboxylic acids is 4. The molecule has 40 heavy (non-hydrogen) atoms. The Morgan fingerprint density at radius 1 is 0.800 bits per heavy atom. The predicted octanol–water partition coefficient (Wildman–Crippen LogP) is -1.17. The fourth-order valence-electron chi connectivity index (χ4n) is 3.51. The number of benzene rings is 2. The molecule has 8 N–H and O–H groups in total. The molecular weight excluding hydrogens is 522 g/mol. The van der Waals surface area contributed by atoms with Gasteiger partial charge in [-0.15, -0.1) is 0 Å². The average molecular weight is 558 g/mol. The Hall–Kier alpha value is -4.49. The SMILES string of the molecule is CCOCC(NC(=O)C(Cc1ccccc1)NC(=O)CNC(=O)CNC(=O)C(N)Cc1ccc(O)cc1)C(=O)O. The monoisotopic (exact) mass is 557 g/mol. The molecule has 13 nitrogen and oxygen atoms in total. The fraction of sp³-hybridized carbons (Fsp3) is 0.370. The molecule has 0 radical (unpaired) electrons. The number of nitrogens with one attached hydrogen (secondary N) is 4. The van der Waals surface area contributed by atoms with E-state index < -0.39 is 60.8 Å². The highest BCUT2D eigenvalue weighted by Gasteiger charge is 2.27. The highest BCUT2D eigenvalue weighted by Crippen LogP contribution is 2.11. The molecule has 0 bridgehead atoms. The van der Waals surface area contributed by atoms with Crippen LogP contribution in [0.25, 0.3) is 0 Å². The quantitative estimate of drug-likeness (QED) is 0.132. The van der Waals surface area contributed by atoms with Crippen molar-refractivity contribution in [2.24, 2.45) is 5.73 Å². The van der Waals surface area contributed by atoms with Gasteiger partial charge >= 0.3 is 5.97 Å². The largest absolute Gasteiger partial charge is 0.508 e. The summed E-state index contributed by atoms with van der Waals surface area (Å²) < 4.78 is 5.11. The molecule has 2 rings (SSSR count). The van der Waals surface area contributed by atoms with E-state index in [1.165, 1.54) is 12.1 Å². The van der Waals surface area contributed by atoms with Crippen LogP contribution in [0.2, 0.25) is 0 Å². The van der Waals surface area contributed by atoms with E-state index in [-0.39, 0.29) is 31.8 Å². The molecule has 0 spiro atoms. The second-order valence-corrected chi connectivity index (χ2v) is 8.84. The maximum Gasteiger partial charge on any atom is 0.328 e. The lowest BCUT2D eigenvalue weighted by atomic mass is 10.0. The Morgan fingerprint density at radius 2 is 1.43 bits per heavy atom. The average Bonchev–Trinajstić information content (AvgIpc) is 2.93. The second kappa shape index (κ2) is 16.5. The fourth-order valence-corrected chi connectivity index (χ4v) is 3.51. The molecule has 0 aliphatic rings. The van der Waals surface area contributed by atoms with E-state index in [2.05, 4.69) is 21.3 Å². The van der Waals surface area contributed by atoms with Gasteiger partial charge < -0.3 is 42.0 Å². The van der Waals surface area contributed by atoms with Crippen molar-refractivity contribution >= 4 is 29.6 Å². The summed E-state index contributed by atoms with van der Waals surface area (Å²) in [5, 5.41) is 28.3.